The lowest BCUT2D eigenvalue weighted by Crippen LogP contribution is -2.30. The Balaban J connectivity index is 3.91. The maximum atomic E-state index is 12.8. The third-order valence-corrected chi connectivity index (χ3v) is 13.5. The average Bonchev–Trinajstić information content (AvgIpc) is 3.37. The molecule has 71 heavy (non-hydrogen) atoms. The minimum Gasteiger partial charge on any atom is -0.462 e. The van der Waals surface area contributed by atoms with E-state index in [2.05, 4.69) is 81.5 Å². The van der Waals surface area contributed by atoms with Crippen molar-refractivity contribution >= 4 is 17.9 Å². The lowest BCUT2D eigenvalue weighted by atomic mass is 10.0. The smallest absolute Gasteiger partial charge is 0.306 e. The summed E-state index contributed by atoms with van der Waals surface area (Å²) in [6.07, 6.45) is 75.7. The van der Waals surface area contributed by atoms with E-state index in [0.717, 1.165) is 96.3 Å². The molecule has 0 aromatic carbocycles. The van der Waals surface area contributed by atoms with Crippen LogP contribution in [-0.4, -0.2) is 37.2 Å². The van der Waals surface area contributed by atoms with E-state index in [1.165, 1.54) is 180 Å². The Kier molecular flexibility index (Phi) is 57.2. The molecule has 0 saturated carbocycles. The van der Waals surface area contributed by atoms with Gasteiger partial charge in [-0.05, 0) is 83.5 Å². The van der Waals surface area contributed by atoms with Gasteiger partial charge in [-0.3, -0.25) is 14.4 Å². The number of esters is 3. The highest BCUT2D eigenvalue weighted by Crippen LogP contribution is 2.17. The molecule has 1 atom stereocenters. The van der Waals surface area contributed by atoms with Crippen molar-refractivity contribution in [3.05, 3.63) is 60.8 Å². The molecule has 0 saturated heterocycles. The zero-order valence-electron chi connectivity index (χ0n) is 47.2. The molecule has 1 unspecified atom stereocenters. The predicted octanol–water partition coefficient (Wildman–Crippen LogP) is 20.8. The van der Waals surface area contributed by atoms with Crippen molar-refractivity contribution in [1.29, 1.82) is 0 Å². The van der Waals surface area contributed by atoms with Crippen molar-refractivity contribution in [1.82, 2.24) is 0 Å². The van der Waals surface area contributed by atoms with Crippen molar-refractivity contribution < 1.29 is 28.6 Å². The van der Waals surface area contributed by atoms with Gasteiger partial charge in [0, 0.05) is 19.3 Å². The van der Waals surface area contributed by atoms with Gasteiger partial charge in [0.25, 0.3) is 0 Å². The average molecular weight is 994 g/mol. The fraction of sp³-hybridized carbons (Fsp3) is 0.800. The third kappa shape index (κ3) is 57.9. The number of unbranched alkanes of at least 4 members (excludes halogenated alkanes) is 35. The predicted molar refractivity (Wildman–Crippen MR) is 307 cm³/mol. The molecular formula is C65H116O6. The van der Waals surface area contributed by atoms with Crippen LogP contribution in [0.5, 0.6) is 0 Å². The molecule has 0 rings (SSSR count). The fourth-order valence-electron chi connectivity index (χ4n) is 8.90. The Labute approximate surface area is 440 Å². The van der Waals surface area contributed by atoms with Crippen LogP contribution in [-0.2, 0) is 28.6 Å². The Morgan fingerprint density at radius 2 is 0.549 bits per heavy atom. The van der Waals surface area contributed by atoms with E-state index in [-0.39, 0.29) is 31.1 Å². The van der Waals surface area contributed by atoms with Crippen LogP contribution in [0.3, 0.4) is 0 Å². The largest absolute Gasteiger partial charge is 0.462 e. The summed E-state index contributed by atoms with van der Waals surface area (Å²) in [4.78, 5) is 37.8. The summed E-state index contributed by atoms with van der Waals surface area (Å²) < 4.78 is 16.7. The van der Waals surface area contributed by atoms with Crippen molar-refractivity contribution in [2.45, 2.75) is 322 Å². The monoisotopic (exact) mass is 993 g/mol. The second-order valence-corrected chi connectivity index (χ2v) is 20.6. The Hall–Kier alpha value is -2.89. The first-order valence-electron chi connectivity index (χ1n) is 30.8. The molecule has 0 radical (unpaired) electrons. The van der Waals surface area contributed by atoms with E-state index < -0.39 is 6.10 Å². The molecule has 412 valence electrons. The van der Waals surface area contributed by atoms with Crippen molar-refractivity contribution in [2.75, 3.05) is 13.2 Å². The molecule has 0 fully saturated rings. The van der Waals surface area contributed by atoms with Crippen LogP contribution in [0.15, 0.2) is 60.8 Å². The van der Waals surface area contributed by atoms with Gasteiger partial charge in [-0.15, -0.1) is 0 Å². The molecule has 0 aliphatic heterocycles. The molecule has 0 aromatic rings. The summed E-state index contributed by atoms with van der Waals surface area (Å²) in [5.74, 6) is -0.883. The number of hydrogen-bond donors (Lipinski definition) is 0. The Bertz CT molecular complexity index is 1280. The van der Waals surface area contributed by atoms with Crippen LogP contribution < -0.4 is 0 Å². The van der Waals surface area contributed by atoms with Crippen LogP contribution in [0.1, 0.15) is 316 Å². The zero-order valence-corrected chi connectivity index (χ0v) is 47.2. The standard InChI is InChI=1S/C65H116O6/c1-4-7-10-13-15-17-19-21-23-24-25-26-27-28-29-30-31-32-33-34-35-36-37-38-39-40-42-43-45-47-49-52-55-58-64(67)70-61-62(60-69-63(66)57-54-51-12-9-6-3)71-65(68)59-56-53-50-48-46-44-41-22-20-18-16-14-11-8-5-2/h7,10,15,17,21-23,25-26,41,62H,4-6,8-9,11-14,16,18-20,24,27-40,42-61H2,1-3H3/b10-7-,17-15-,23-21-,26-25-,41-22-. The second kappa shape index (κ2) is 59.7. The van der Waals surface area contributed by atoms with Gasteiger partial charge in [-0.25, -0.2) is 0 Å². The molecule has 0 spiro atoms. The van der Waals surface area contributed by atoms with E-state index in [0.29, 0.717) is 19.3 Å². The summed E-state index contributed by atoms with van der Waals surface area (Å²) in [7, 11) is 0. The van der Waals surface area contributed by atoms with Crippen LogP contribution in [0.4, 0.5) is 0 Å². The molecule has 0 aliphatic rings. The second-order valence-electron chi connectivity index (χ2n) is 20.6. The van der Waals surface area contributed by atoms with E-state index in [4.69, 9.17) is 14.2 Å². The minimum absolute atomic E-state index is 0.0734. The van der Waals surface area contributed by atoms with Gasteiger partial charge >= 0.3 is 17.9 Å². The number of hydrogen-bond acceptors (Lipinski definition) is 6. The summed E-state index contributed by atoms with van der Waals surface area (Å²) >= 11 is 0. The third-order valence-electron chi connectivity index (χ3n) is 13.5. The maximum Gasteiger partial charge on any atom is 0.306 e. The molecule has 0 bridgehead atoms. The number of carbonyl (C=O) groups excluding carboxylic acids is 3. The lowest BCUT2D eigenvalue weighted by molar-refractivity contribution is -0.167. The van der Waals surface area contributed by atoms with Crippen molar-refractivity contribution in [3.8, 4) is 0 Å². The van der Waals surface area contributed by atoms with Crippen molar-refractivity contribution in [3.63, 3.8) is 0 Å². The molecule has 0 heterocycles. The molecule has 0 N–H and O–H groups in total. The first kappa shape index (κ1) is 68.1. The van der Waals surface area contributed by atoms with E-state index in [1.54, 1.807) is 0 Å². The topological polar surface area (TPSA) is 78.9 Å². The van der Waals surface area contributed by atoms with Gasteiger partial charge in [0.1, 0.15) is 13.2 Å². The van der Waals surface area contributed by atoms with Gasteiger partial charge in [0.05, 0.1) is 0 Å². The number of allylic oxidation sites excluding steroid dienone is 10. The lowest BCUT2D eigenvalue weighted by Gasteiger charge is -2.18. The Morgan fingerprint density at radius 1 is 0.296 bits per heavy atom. The molecule has 0 aliphatic carbocycles. The van der Waals surface area contributed by atoms with Crippen molar-refractivity contribution in [2.24, 2.45) is 0 Å². The minimum atomic E-state index is -0.771. The Morgan fingerprint density at radius 3 is 0.873 bits per heavy atom. The summed E-state index contributed by atoms with van der Waals surface area (Å²) in [6.45, 7) is 6.46. The summed E-state index contributed by atoms with van der Waals surface area (Å²) in [5.41, 5.74) is 0. The summed E-state index contributed by atoms with van der Waals surface area (Å²) in [6, 6.07) is 0. The van der Waals surface area contributed by atoms with Crippen LogP contribution >= 0.6 is 0 Å². The van der Waals surface area contributed by atoms with Gasteiger partial charge in [0.2, 0.25) is 0 Å². The highest BCUT2D eigenvalue weighted by molar-refractivity contribution is 5.71. The quantitative estimate of drug-likeness (QED) is 0.0261. The number of carbonyl (C=O) groups is 3. The molecule has 6 nitrogen and oxygen atoms in total. The fourth-order valence-corrected chi connectivity index (χ4v) is 8.90. The van der Waals surface area contributed by atoms with Gasteiger partial charge in [-0.2, -0.15) is 0 Å². The van der Waals surface area contributed by atoms with Crippen LogP contribution in [0, 0.1) is 0 Å². The highest BCUT2D eigenvalue weighted by atomic mass is 16.6. The van der Waals surface area contributed by atoms with Gasteiger partial charge in [-0.1, -0.05) is 274 Å². The van der Waals surface area contributed by atoms with Gasteiger partial charge < -0.3 is 14.2 Å². The normalized spacial score (nSPS) is 12.4. The first-order chi connectivity index (χ1) is 35.0. The van der Waals surface area contributed by atoms with E-state index >= 15 is 0 Å². The van der Waals surface area contributed by atoms with E-state index in [1.807, 2.05) is 0 Å². The summed E-state index contributed by atoms with van der Waals surface area (Å²) in [5, 5.41) is 0. The molecule has 6 heteroatoms. The zero-order chi connectivity index (χ0) is 51.4. The number of ether oxygens (including phenoxy) is 3. The highest BCUT2D eigenvalue weighted by Gasteiger charge is 2.19. The first-order valence-corrected chi connectivity index (χ1v) is 30.8. The van der Waals surface area contributed by atoms with Gasteiger partial charge in [0.15, 0.2) is 6.10 Å². The number of rotatable bonds is 56. The van der Waals surface area contributed by atoms with Crippen LogP contribution in [0.2, 0.25) is 0 Å². The molecular weight excluding hydrogens is 877 g/mol. The molecule has 0 amide bonds. The maximum absolute atomic E-state index is 12.8. The SMILES string of the molecule is CC/C=C\C/C=C\C/C=C\C/C=C\CCCCCCCCCCCCCCCCCCCCCCC(=O)OCC(COC(=O)CCCCCCC)OC(=O)CCCCCCC/C=C\CCCCCCCC. The van der Waals surface area contributed by atoms with Crippen LogP contribution in [0.25, 0.3) is 0 Å². The molecule has 0 aromatic heterocycles. The van der Waals surface area contributed by atoms with E-state index in [9.17, 15) is 14.4 Å².